The molecule has 0 aromatic heterocycles. The van der Waals surface area contributed by atoms with Crippen LogP contribution in [0.4, 0.5) is 5.69 Å². The van der Waals surface area contributed by atoms with E-state index in [-0.39, 0.29) is 17.5 Å². The number of rotatable bonds is 7. The van der Waals surface area contributed by atoms with Gasteiger partial charge in [-0.05, 0) is 50.1 Å². The molecule has 6 nitrogen and oxygen atoms in total. The van der Waals surface area contributed by atoms with Gasteiger partial charge in [0.15, 0.2) is 0 Å². The van der Waals surface area contributed by atoms with Crippen LogP contribution in [0.5, 0.6) is 0 Å². The lowest BCUT2D eigenvalue weighted by molar-refractivity contribution is -0.120. The second-order valence-electron chi connectivity index (χ2n) is 6.74. The Kier molecular flexibility index (Phi) is 6.59. The average Bonchev–Trinajstić information content (AvgIpc) is 3.18. The molecule has 1 saturated heterocycles. The predicted molar refractivity (Wildman–Crippen MR) is 109 cm³/mol. The van der Waals surface area contributed by atoms with E-state index in [9.17, 15) is 13.2 Å². The Labute approximate surface area is 170 Å². The first-order chi connectivity index (χ1) is 13.4. The molecule has 0 aliphatic carbocycles. The summed E-state index contributed by atoms with van der Waals surface area (Å²) in [5.41, 5.74) is 1.28. The van der Waals surface area contributed by atoms with Crippen LogP contribution in [0.3, 0.4) is 0 Å². The predicted octanol–water partition coefficient (Wildman–Crippen LogP) is 3.14. The Hall–Kier alpha value is -2.09. The second-order valence-corrected chi connectivity index (χ2v) is 9.04. The first-order valence-electron chi connectivity index (χ1n) is 9.09. The van der Waals surface area contributed by atoms with Crippen LogP contribution in [0.1, 0.15) is 18.4 Å². The molecule has 3 rings (SSSR count). The number of halogens is 1. The zero-order chi connectivity index (χ0) is 20.1. The number of carbonyl (C=O) groups is 1. The van der Waals surface area contributed by atoms with Crippen molar-refractivity contribution in [2.24, 2.45) is 0 Å². The molecule has 1 heterocycles. The van der Waals surface area contributed by atoms with Crippen LogP contribution in [0, 0.1) is 6.92 Å². The summed E-state index contributed by atoms with van der Waals surface area (Å²) in [6.07, 6.45) is 1.84. The molecule has 0 spiro atoms. The van der Waals surface area contributed by atoms with Gasteiger partial charge in [0, 0.05) is 18.2 Å². The van der Waals surface area contributed by atoms with Crippen LogP contribution in [-0.2, 0) is 19.6 Å². The van der Waals surface area contributed by atoms with Crippen LogP contribution in [-0.4, -0.2) is 40.1 Å². The van der Waals surface area contributed by atoms with E-state index in [1.165, 1.54) is 18.2 Å². The molecular weight excluding hydrogens is 400 g/mol. The number of ether oxygens (including phenoxy) is 1. The molecule has 0 unspecified atom stereocenters. The van der Waals surface area contributed by atoms with Crippen molar-refractivity contribution in [1.29, 1.82) is 0 Å². The van der Waals surface area contributed by atoms with Gasteiger partial charge in [0.05, 0.1) is 16.7 Å². The van der Waals surface area contributed by atoms with Crippen molar-refractivity contribution in [2.45, 2.75) is 30.8 Å². The van der Waals surface area contributed by atoms with Crippen molar-refractivity contribution < 1.29 is 17.9 Å². The highest BCUT2D eigenvalue weighted by atomic mass is 35.5. The molecule has 1 amide bonds. The van der Waals surface area contributed by atoms with Crippen molar-refractivity contribution in [3.05, 3.63) is 59.1 Å². The third-order valence-electron chi connectivity index (χ3n) is 4.54. The molecule has 0 saturated carbocycles. The third kappa shape index (κ3) is 5.04. The molecule has 1 atom stereocenters. The Morgan fingerprint density at radius 1 is 1.25 bits per heavy atom. The molecule has 28 heavy (non-hydrogen) atoms. The van der Waals surface area contributed by atoms with Gasteiger partial charge in [-0.15, -0.1) is 0 Å². The Morgan fingerprint density at radius 2 is 2.00 bits per heavy atom. The fraction of sp³-hybridized carbons (Fsp3) is 0.350. The van der Waals surface area contributed by atoms with Crippen LogP contribution < -0.4 is 9.62 Å². The molecule has 1 fully saturated rings. The maximum absolute atomic E-state index is 13.2. The Morgan fingerprint density at radius 3 is 2.64 bits per heavy atom. The average molecular weight is 423 g/mol. The quantitative estimate of drug-likeness (QED) is 0.743. The summed E-state index contributed by atoms with van der Waals surface area (Å²) in [6.45, 7) is 2.59. The van der Waals surface area contributed by atoms with Crippen LogP contribution >= 0.6 is 11.6 Å². The maximum atomic E-state index is 13.2. The normalized spacial score (nSPS) is 16.7. The number of carbonyl (C=O) groups excluding carboxylic acids is 1. The summed E-state index contributed by atoms with van der Waals surface area (Å²) in [7, 11) is -3.94. The van der Waals surface area contributed by atoms with Gasteiger partial charge in [0.2, 0.25) is 5.91 Å². The standard InChI is InChI=1S/C20H23ClN2O4S/c1-15-7-9-19(10-8-15)28(25,26)23(17-5-2-4-16(21)12-17)14-20(24)22-13-18-6-3-11-27-18/h2,4-5,7-10,12,18H,3,6,11,13-14H2,1H3,(H,22,24)/t18-/m0/s1. The van der Waals surface area contributed by atoms with E-state index < -0.39 is 15.9 Å². The topological polar surface area (TPSA) is 75.7 Å². The number of amides is 1. The molecule has 150 valence electrons. The zero-order valence-corrected chi connectivity index (χ0v) is 17.2. The zero-order valence-electron chi connectivity index (χ0n) is 15.6. The van der Waals surface area contributed by atoms with Crippen molar-refractivity contribution in [1.82, 2.24) is 5.32 Å². The molecule has 8 heteroatoms. The summed E-state index contributed by atoms with van der Waals surface area (Å²) in [4.78, 5) is 12.6. The third-order valence-corrected chi connectivity index (χ3v) is 6.57. The fourth-order valence-corrected chi connectivity index (χ4v) is 4.60. The highest BCUT2D eigenvalue weighted by Crippen LogP contribution is 2.26. The fourth-order valence-electron chi connectivity index (χ4n) is 3.00. The largest absolute Gasteiger partial charge is 0.376 e. The summed E-state index contributed by atoms with van der Waals surface area (Å²) < 4.78 is 33.0. The Bertz CT molecular complexity index is 925. The number of nitrogens with zero attached hydrogens (tertiary/aromatic N) is 1. The number of aryl methyl sites for hydroxylation is 1. The monoisotopic (exact) mass is 422 g/mol. The van der Waals surface area contributed by atoms with E-state index in [4.69, 9.17) is 16.3 Å². The van der Waals surface area contributed by atoms with Crippen molar-refractivity contribution >= 4 is 33.2 Å². The van der Waals surface area contributed by atoms with E-state index in [0.29, 0.717) is 23.9 Å². The van der Waals surface area contributed by atoms with Crippen molar-refractivity contribution in [2.75, 3.05) is 24.0 Å². The minimum Gasteiger partial charge on any atom is -0.376 e. The maximum Gasteiger partial charge on any atom is 0.264 e. The SMILES string of the molecule is Cc1ccc(S(=O)(=O)N(CC(=O)NC[C@@H]2CCCO2)c2cccc(Cl)c2)cc1. The lowest BCUT2D eigenvalue weighted by Crippen LogP contribution is -2.42. The number of nitrogens with one attached hydrogen (secondary N) is 1. The lowest BCUT2D eigenvalue weighted by atomic mass is 10.2. The van der Waals surface area contributed by atoms with E-state index in [1.807, 2.05) is 6.92 Å². The molecule has 0 bridgehead atoms. The summed E-state index contributed by atoms with van der Waals surface area (Å²) in [6, 6.07) is 13.0. The Balaban J connectivity index is 1.84. The highest BCUT2D eigenvalue weighted by molar-refractivity contribution is 7.92. The number of benzene rings is 2. The lowest BCUT2D eigenvalue weighted by Gasteiger charge is -2.24. The van der Waals surface area contributed by atoms with Gasteiger partial charge in [0.1, 0.15) is 6.54 Å². The van der Waals surface area contributed by atoms with Crippen LogP contribution in [0.25, 0.3) is 0 Å². The first-order valence-corrected chi connectivity index (χ1v) is 10.9. The molecule has 1 aliphatic rings. The van der Waals surface area contributed by atoms with E-state index in [2.05, 4.69) is 5.32 Å². The number of hydrogen-bond donors (Lipinski definition) is 1. The second kappa shape index (κ2) is 8.94. The van der Waals surface area contributed by atoms with Crippen molar-refractivity contribution in [3.63, 3.8) is 0 Å². The van der Waals surface area contributed by atoms with Gasteiger partial charge in [-0.2, -0.15) is 0 Å². The van der Waals surface area contributed by atoms with E-state index >= 15 is 0 Å². The summed E-state index contributed by atoms with van der Waals surface area (Å²) >= 11 is 6.05. The number of hydrogen-bond acceptors (Lipinski definition) is 4. The van der Waals surface area contributed by atoms with E-state index in [0.717, 1.165) is 22.7 Å². The summed E-state index contributed by atoms with van der Waals surface area (Å²) in [5.74, 6) is -0.397. The van der Waals surface area contributed by atoms with Gasteiger partial charge in [0.25, 0.3) is 10.0 Å². The van der Waals surface area contributed by atoms with Crippen LogP contribution in [0.15, 0.2) is 53.4 Å². The molecule has 2 aromatic rings. The molecule has 0 radical (unpaired) electrons. The number of anilines is 1. The molecular formula is C20H23ClN2O4S. The summed E-state index contributed by atoms with van der Waals surface area (Å²) in [5, 5.41) is 3.16. The minimum atomic E-state index is -3.94. The van der Waals surface area contributed by atoms with Gasteiger partial charge < -0.3 is 10.1 Å². The van der Waals surface area contributed by atoms with Crippen molar-refractivity contribution in [3.8, 4) is 0 Å². The molecule has 1 N–H and O–H groups in total. The van der Waals surface area contributed by atoms with Gasteiger partial charge >= 0.3 is 0 Å². The van der Waals surface area contributed by atoms with Crippen LogP contribution in [0.2, 0.25) is 5.02 Å². The highest BCUT2D eigenvalue weighted by Gasteiger charge is 2.27. The smallest absolute Gasteiger partial charge is 0.264 e. The molecule has 1 aliphatic heterocycles. The van der Waals surface area contributed by atoms with Gasteiger partial charge in [-0.1, -0.05) is 35.4 Å². The molecule has 2 aromatic carbocycles. The van der Waals surface area contributed by atoms with E-state index in [1.54, 1.807) is 30.3 Å². The van der Waals surface area contributed by atoms with Gasteiger partial charge in [-0.3, -0.25) is 9.10 Å². The van der Waals surface area contributed by atoms with Gasteiger partial charge in [-0.25, -0.2) is 8.42 Å². The first kappa shape index (κ1) is 20.6. The minimum absolute atomic E-state index is 0.0164. The number of sulfonamides is 1.